The Labute approximate surface area is 135 Å². The minimum Gasteiger partial charge on any atom is -0.438 e. The van der Waals surface area contributed by atoms with Crippen LogP contribution in [0.2, 0.25) is 0 Å². The van der Waals surface area contributed by atoms with E-state index in [1.54, 1.807) is 6.92 Å². The monoisotopic (exact) mass is 315 g/mol. The van der Waals surface area contributed by atoms with Gasteiger partial charge >= 0.3 is 0 Å². The topological polar surface area (TPSA) is 67.6 Å². The maximum atomic E-state index is 12.5. The van der Waals surface area contributed by atoms with E-state index in [4.69, 9.17) is 9.15 Å². The number of rotatable bonds is 5. The zero-order valence-corrected chi connectivity index (χ0v) is 13.2. The Balaban J connectivity index is 1.74. The third-order valence-electron chi connectivity index (χ3n) is 4.00. The van der Waals surface area contributed by atoms with Gasteiger partial charge in [0.05, 0.1) is 24.9 Å². The fraction of sp³-hybridized carbons (Fsp3) is 0.412. The molecule has 1 aromatic carbocycles. The highest BCUT2D eigenvalue weighted by molar-refractivity contribution is 5.92. The zero-order chi connectivity index (χ0) is 16.1. The van der Waals surface area contributed by atoms with Crippen LogP contribution in [0.5, 0.6) is 0 Å². The standard InChI is InChI=1S/C17H21N3O3/c1-13-16(23-12-18-13)17(21)19-15(14-5-3-2-4-6-14)11-20-7-9-22-10-8-20/h2-6,12,15H,7-11H2,1H3,(H,19,21)/t15-/m1/s1. The number of aromatic nitrogens is 1. The first-order chi connectivity index (χ1) is 11.2. The Morgan fingerprint density at radius 3 is 2.70 bits per heavy atom. The number of carbonyl (C=O) groups excluding carboxylic acids is 1. The van der Waals surface area contributed by atoms with Crippen LogP contribution in [0.1, 0.15) is 27.9 Å². The second kappa shape index (κ2) is 7.39. The molecule has 1 N–H and O–H groups in total. The SMILES string of the molecule is Cc1ncoc1C(=O)N[C@H](CN1CCOCC1)c1ccccc1. The van der Waals surface area contributed by atoms with Crippen molar-refractivity contribution in [2.45, 2.75) is 13.0 Å². The molecule has 3 rings (SSSR count). The van der Waals surface area contributed by atoms with Crippen molar-refractivity contribution in [1.29, 1.82) is 0 Å². The molecule has 23 heavy (non-hydrogen) atoms. The summed E-state index contributed by atoms with van der Waals surface area (Å²) in [5.74, 6) is 0.0371. The van der Waals surface area contributed by atoms with E-state index in [1.165, 1.54) is 6.39 Å². The van der Waals surface area contributed by atoms with E-state index >= 15 is 0 Å². The van der Waals surface area contributed by atoms with Crippen molar-refractivity contribution in [2.75, 3.05) is 32.8 Å². The predicted octanol–water partition coefficient (Wildman–Crippen LogP) is 1.79. The van der Waals surface area contributed by atoms with Gasteiger partial charge in [0, 0.05) is 19.6 Å². The van der Waals surface area contributed by atoms with Crippen LogP contribution in [0.3, 0.4) is 0 Å². The molecular formula is C17H21N3O3. The maximum Gasteiger partial charge on any atom is 0.289 e. The summed E-state index contributed by atoms with van der Waals surface area (Å²) < 4.78 is 10.6. The number of benzene rings is 1. The summed E-state index contributed by atoms with van der Waals surface area (Å²) in [6, 6.07) is 9.88. The van der Waals surface area contributed by atoms with Crippen molar-refractivity contribution in [1.82, 2.24) is 15.2 Å². The third kappa shape index (κ3) is 3.97. The van der Waals surface area contributed by atoms with Crippen molar-refractivity contribution < 1.29 is 13.9 Å². The highest BCUT2D eigenvalue weighted by Gasteiger charge is 2.22. The van der Waals surface area contributed by atoms with Gasteiger partial charge in [-0.05, 0) is 12.5 Å². The Morgan fingerprint density at radius 1 is 1.30 bits per heavy atom. The molecule has 0 aliphatic carbocycles. The first kappa shape index (κ1) is 15.7. The van der Waals surface area contributed by atoms with Crippen LogP contribution < -0.4 is 5.32 Å². The molecular weight excluding hydrogens is 294 g/mol. The van der Waals surface area contributed by atoms with Gasteiger partial charge in [0.2, 0.25) is 5.76 Å². The molecule has 6 heteroatoms. The number of hydrogen-bond acceptors (Lipinski definition) is 5. The van der Waals surface area contributed by atoms with Crippen LogP contribution >= 0.6 is 0 Å². The number of aryl methyl sites for hydroxylation is 1. The van der Waals surface area contributed by atoms with Crippen LogP contribution in [0.25, 0.3) is 0 Å². The molecule has 0 saturated carbocycles. The minimum atomic E-state index is -0.234. The van der Waals surface area contributed by atoms with Crippen molar-refractivity contribution in [2.24, 2.45) is 0 Å². The molecule has 0 spiro atoms. The molecule has 1 amide bonds. The van der Waals surface area contributed by atoms with E-state index in [1.807, 2.05) is 30.3 Å². The Morgan fingerprint density at radius 2 is 2.04 bits per heavy atom. The molecule has 122 valence electrons. The van der Waals surface area contributed by atoms with Gasteiger partial charge in [-0.15, -0.1) is 0 Å². The van der Waals surface area contributed by atoms with E-state index in [0.29, 0.717) is 5.69 Å². The van der Waals surface area contributed by atoms with E-state index in [-0.39, 0.29) is 17.7 Å². The van der Waals surface area contributed by atoms with E-state index < -0.39 is 0 Å². The zero-order valence-electron chi connectivity index (χ0n) is 13.2. The summed E-state index contributed by atoms with van der Waals surface area (Å²) in [7, 11) is 0. The molecule has 1 aliphatic rings. The fourth-order valence-corrected chi connectivity index (χ4v) is 2.71. The molecule has 2 heterocycles. The van der Waals surface area contributed by atoms with Gasteiger partial charge in [0.25, 0.3) is 5.91 Å². The predicted molar refractivity (Wildman–Crippen MR) is 85.1 cm³/mol. The maximum absolute atomic E-state index is 12.5. The van der Waals surface area contributed by atoms with Gasteiger partial charge in [-0.1, -0.05) is 30.3 Å². The number of nitrogens with zero attached hydrogens (tertiary/aromatic N) is 2. The lowest BCUT2D eigenvalue weighted by molar-refractivity contribution is 0.0331. The van der Waals surface area contributed by atoms with Crippen LogP contribution in [0.4, 0.5) is 0 Å². The molecule has 1 atom stereocenters. The van der Waals surface area contributed by atoms with Gasteiger partial charge in [0.15, 0.2) is 6.39 Å². The summed E-state index contributed by atoms with van der Waals surface area (Å²) in [6.45, 7) is 5.72. The van der Waals surface area contributed by atoms with Gasteiger partial charge in [-0.2, -0.15) is 0 Å². The number of carbonyl (C=O) groups is 1. The number of ether oxygens (including phenoxy) is 1. The molecule has 0 unspecified atom stereocenters. The highest BCUT2D eigenvalue weighted by Crippen LogP contribution is 2.17. The second-order valence-electron chi connectivity index (χ2n) is 5.62. The van der Waals surface area contributed by atoms with Gasteiger partial charge in [0.1, 0.15) is 0 Å². The van der Waals surface area contributed by atoms with Crippen LogP contribution in [0.15, 0.2) is 41.1 Å². The van der Waals surface area contributed by atoms with Gasteiger partial charge in [-0.3, -0.25) is 9.69 Å². The third-order valence-corrected chi connectivity index (χ3v) is 4.00. The van der Waals surface area contributed by atoms with Crippen LogP contribution in [0, 0.1) is 6.92 Å². The molecule has 1 aliphatic heterocycles. The molecule has 0 bridgehead atoms. The molecule has 6 nitrogen and oxygen atoms in total. The quantitative estimate of drug-likeness (QED) is 0.911. The van der Waals surface area contributed by atoms with Gasteiger partial charge in [-0.25, -0.2) is 4.98 Å². The summed E-state index contributed by atoms with van der Waals surface area (Å²) in [4.78, 5) is 18.7. The first-order valence-corrected chi connectivity index (χ1v) is 7.80. The molecule has 2 aromatic rings. The van der Waals surface area contributed by atoms with E-state index in [9.17, 15) is 4.79 Å². The number of morpholine rings is 1. The Kier molecular flexibility index (Phi) is 5.05. The summed E-state index contributed by atoms with van der Waals surface area (Å²) >= 11 is 0. The average Bonchev–Trinajstić information content (AvgIpc) is 3.02. The van der Waals surface area contributed by atoms with E-state index in [2.05, 4.69) is 15.2 Å². The lowest BCUT2D eigenvalue weighted by atomic mass is 10.1. The molecule has 1 saturated heterocycles. The fourth-order valence-electron chi connectivity index (χ4n) is 2.71. The normalized spacial score (nSPS) is 16.9. The van der Waals surface area contributed by atoms with Crippen molar-refractivity contribution >= 4 is 5.91 Å². The number of amides is 1. The average molecular weight is 315 g/mol. The van der Waals surface area contributed by atoms with E-state index in [0.717, 1.165) is 38.4 Å². The smallest absolute Gasteiger partial charge is 0.289 e. The largest absolute Gasteiger partial charge is 0.438 e. The summed E-state index contributed by atoms with van der Waals surface area (Å²) in [6.07, 6.45) is 1.30. The van der Waals surface area contributed by atoms with Crippen molar-refractivity contribution in [3.8, 4) is 0 Å². The number of hydrogen-bond donors (Lipinski definition) is 1. The van der Waals surface area contributed by atoms with Crippen LogP contribution in [-0.2, 0) is 4.74 Å². The molecule has 1 fully saturated rings. The Bertz CT molecular complexity index is 636. The van der Waals surface area contributed by atoms with Crippen molar-refractivity contribution in [3.05, 3.63) is 53.7 Å². The highest BCUT2D eigenvalue weighted by atomic mass is 16.5. The van der Waals surface area contributed by atoms with Crippen LogP contribution in [-0.4, -0.2) is 48.6 Å². The minimum absolute atomic E-state index is 0.105. The summed E-state index contributed by atoms with van der Waals surface area (Å²) in [5.41, 5.74) is 1.67. The molecule has 0 radical (unpaired) electrons. The number of nitrogens with one attached hydrogen (secondary N) is 1. The van der Waals surface area contributed by atoms with Gasteiger partial charge < -0.3 is 14.5 Å². The Hall–Kier alpha value is -2.18. The molecule has 1 aromatic heterocycles. The lowest BCUT2D eigenvalue weighted by Crippen LogP contribution is -2.43. The lowest BCUT2D eigenvalue weighted by Gasteiger charge is -2.31. The van der Waals surface area contributed by atoms with Crippen molar-refractivity contribution in [3.63, 3.8) is 0 Å². The first-order valence-electron chi connectivity index (χ1n) is 7.80. The summed E-state index contributed by atoms with van der Waals surface area (Å²) in [5, 5.41) is 3.07. The number of oxazole rings is 1. The second-order valence-corrected chi connectivity index (χ2v) is 5.62.